The van der Waals surface area contributed by atoms with Crippen molar-refractivity contribution in [2.75, 3.05) is 13.7 Å². The summed E-state index contributed by atoms with van der Waals surface area (Å²) in [5.41, 5.74) is 3.48. The molecule has 0 aliphatic carbocycles. The number of methoxy groups -OCH3 is 1. The molecule has 29 heavy (non-hydrogen) atoms. The molecule has 1 aromatic carbocycles. The molecule has 0 bridgehead atoms. The lowest BCUT2D eigenvalue weighted by Crippen LogP contribution is -2.32. The molecule has 0 spiro atoms. The number of aromatic nitrogens is 1. The molecular formula is C24H34N2O3. The zero-order valence-corrected chi connectivity index (χ0v) is 19.0. The molecule has 5 nitrogen and oxygen atoms in total. The van der Waals surface area contributed by atoms with E-state index >= 15 is 0 Å². The zero-order chi connectivity index (χ0) is 22.0. The van der Waals surface area contributed by atoms with Crippen LogP contribution in [0.5, 0.6) is 5.75 Å². The van der Waals surface area contributed by atoms with Crippen LogP contribution in [0.1, 0.15) is 68.7 Å². The second kappa shape index (κ2) is 8.44. The van der Waals surface area contributed by atoms with Crippen LogP contribution in [0, 0.1) is 6.92 Å². The molecule has 0 saturated carbocycles. The molecule has 2 rings (SSSR count). The summed E-state index contributed by atoms with van der Waals surface area (Å²) >= 11 is 0. The summed E-state index contributed by atoms with van der Waals surface area (Å²) in [6.45, 7) is 15.5. The first kappa shape index (κ1) is 22.7. The van der Waals surface area contributed by atoms with Gasteiger partial charge in [0.1, 0.15) is 5.75 Å². The Kier molecular flexibility index (Phi) is 6.61. The van der Waals surface area contributed by atoms with E-state index in [2.05, 4.69) is 52.9 Å². The van der Waals surface area contributed by atoms with Crippen LogP contribution in [0.2, 0.25) is 0 Å². The van der Waals surface area contributed by atoms with Crippen molar-refractivity contribution < 1.29 is 9.53 Å². The molecule has 1 N–H and O–H groups in total. The van der Waals surface area contributed by atoms with Crippen LogP contribution in [0.25, 0.3) is 0 Å². The first-order valence-corrected chi connectivity index (χ1v) is 10.0. The minimum Gasteiger partial charge on any atom is -0.496 e. The van der Waals surface area contributed by atoms with Crippen molar-refractivity contribution >= 4 is 5.91 Å². The number of rotatable bonds is 5. The van der Waals surface area contributed by atoms with E-state index in [9.17, 15) is 9.59 Å². The average molecular weight is 399 g/mol. The van der Waals surface area contributed by atoms with E-state index in [-0.39, 0.29) is 22.3 Å². The first-order chi connectivity index (χ1) is 13.3. The van der Waals surface area contributed by atoms with E-state index in [1.54, 1.807) is 4.57 Å². The Morgan fingerprint density at radius 1 is 0.966 bits per heavy atom. The molecule has 0 fully saturated rings. The number of nitrogens with zero attached hydrogens (tertiary/aromatic N) is 1. The van der Waals surface area contributed by atoms with Crippen LogP contribution in [0.15, 0.2) is 35.1 Å². The summed E-state index contributed by atoms with van der Waals surface area (Å²) in [7, 11) is 1.54. The Morgan fingerprint density at radius 3 is 1.97 bits per heavy atom. The van der Waals surface area contributed by atoms with Crippen molar-refractivity contribution in [3.8, 4) is 5.75 Å². The standard InChI is InChI=1S/C24H34N2O3/c1-16-11-20(29-8)15-21(27)26(16)10-9-25-22(28)17-12-18(23(2,3)4)14-19(13-17)24(5,6)7/h11-15H,9-10H2,1-8H3,(H,25,28). The van der Waals surface area contributed by atoms with Gasteiger partial charge in [0.15, 0.2) is 0 Å². The van der Waals surface area contributed by atoms with Gasteiger partial charge in [-0.05, 0) is 47.1 Å². The van der Waals surface area contributed by atoms with Gasteiger partial charge in [0.2, 0.25) is 0 Å². The second-order valence-electron chi connectivity index (χ2n) is 9.58. The molecular weight excluding hydrogens is 364 g/mol. The van der Waals surface area contributed by atoms with Gasteiger partial charge in [-0.2, -0.15) is 0 Å². The summed E-state index contributed by atoms with van der Waals surface area (Å²) < 4.78 is 6.76. The van der Waals surface area contributed by atoms with E-state index in [0.29, 0.717) is 24.4 Å². The number of benzene rings is 1. The largest absolute Gasteiger partial charge is 0.496 e. The molecule has 0 aliphatic heterocycles. The summed E-state index contributed by atoms with van der Waals surface area (Å²) in [6.07, 6.45) is 0. The molecule has 0 atom stereocenters. The fourth-order valence-electron chi connectivity index (χ4n) is 3.11. The fourth-order valence-corrected chi connectivity index (χ4v) is 3.11. The second-order valence-corrected chi connectivity index (χ2v) is 9.58. The van der Waals surface area contributed by atoms with Gasteiger partial charge in [-0.1, -0.05) is 47.6 Å². The van der Waals surface area contributed by atoms with Crippen LogP contribution in [-0.4, -0.2) is 24.1 Å². The molecule has 158 valence electrons. The normalized spacial score (nSPS) is 12.0. The molecule has 0 unspecified atom stereocenters. The number of carbonyl (C=O) groups is 1. The van der Waals surface area contributed by atoms with E-state index in [0.717, 1.165) is 16.8 Å². The van der Waals surface area contributed by atoms with Crippen molar-refractivity contribution in [1.29, 1.82) is 0 Å². The number of hydrogen-bond acceptors (Lipinski definition) is 3. The van der Waals surface area contributed by atoms with E-state index in [1.165, 1.54) is 13.2 Å². The number of aryl methyl sites for hydroxylation is 1. The van der Waals surface area contributed by atoms with Gasteiger partial charge < -0.3 is 14.6 Å². The maximum Gasteiger partial charge on any atom is 0.254 e. The zero-order valence-electron chi connectivity index (χ0n) is 19.0. The minimum atomic E-state index is -0.138. The van der Waals surface area contributed by atoms with Crippen molar-refractivity contribution in [2.24, 2.45) is 0 Å². The predicted molar refractivity (Wildman–Crippen MR) is 118 cm³/mol. The monoisotopic (exact) mass is 398 g/mol. The average Bonchev–Trinajstić information content (AvgIpc) is 2.61. The van der Waals surface area contributed by atoms with Gasteiger partial charge >= 0.3 is 0 Å². The smallest absolute Gasteiger partial charge is 0.254 e. The fraction of sp³-hybridized carbons (Fsp3) is 0.500. The summed E-state index contributed by atoms with van der Waals surface area (Å²) in [5, 5.41) is 2.96. The Hall–Kier alpha value is -2.56. The predicted octanol–water partition coefficient (Wildman–Crippen LogP) is 4.19. The van der Waals surface area contributed by atoms with Gasteiger partial charge in [0.05, 0.1) is 7.11 Å². The lowest BCUT2D eigenvalue weighted by molar-refractivity contribution is 0.0951. The maximum absolute atomic E-state index is 12.8. The van der Waals surface area contributed by atoms with E-state index in [1.807, 2.05) is 25.1 Å². The van der Waals surface area contributed by atoms with Crippen LogP contribution in [0.4, 0.5) is 0 Å². The van der Waals surface area contributed by atoms with E-state index in [4.69, 9.17) is 4.74 Å². The van der Waals surface area contributed by atoms with Crippen molar-refractivity contribution in [3.63, 3.8) is 0 Å². The summed E-state index contributed by atoms with van der Waals surface area (Å²) in [5.74, 6) is 0.419. The van der Waals surface area contributed by atoms with Gasteiger partial charge in [0, 0.05) is 30.4 Å². The third-order valence-electron chi connectivity index (χ3n) is 5.09. The number of hydrogen-bond donors (Lipinski definition) is 1. The van der Waals surface area contributed by atoms with Crippen LogP contribution < -0.4 is 15.6 Å². The van der Waals surface area contributed by atoms with Crippen molar-refractivity contribution in [1.82, 2.24) is 9.88 Å². The van der Waals surface area contributed by atoms with E-state index < -0.39 is 0 Å². The number of nitrogens with one attached hydrogen (secondary N) is 1. The first-order valence-electron chi connectivity index (χ1n) is 10.0. The third-order valence-corrected chi connectivity index (χ3v) is 5.09. The molecule has 1 amide bonds. The maximum atomic E-state index is 12.8. The molecule has 2 aromatic rings. The number of ether oxygens (including phenoxy) is 1. The SMILES string of the molecule is COc1cc(C)n(CCNC(=O)c2cc(C(C)(C)C)cc(C(C)(C)C)c2)c(=O)c1. The van der Waals surface area contributed by atoms with Crippen molar-refractivity contribution in [3.05, 3.63) is 63.1 Å². The topological polar surface area (TPSA) is 60.3 Å². The number of carbonyl (C=O) groups excluding carboxylic acids is 1. The highest BCUT2D eigenvalue weighted by atomic mass is 16.5. The lowest BCUT2D eigenvalue weighted by Gasteiger charge is -2.26. The summed E-state index contributed by atoms with van der Waals surface area (Å²) in [4.78, 5) is 25.1. The number of amides is 1. The molecule has 0 radical (unpaired) electrons. The molecule has 1 aromatic heterocycles. The van der Waals surface area contributed by atoms with Crippen LogP contribution in [-0.2, 0) is 17.4 Å². The van der Waals surface area contributed by atoms with Gasteiger partial charge in [-0.25, -0.2) is 0 Å². The molecule has 1 heterocycles. The molecule has 0 saturated heterocycles. The molecule has 5 heteroatoms. The van der Waals surface area contributed by atoms with Gasteiger partial charge in [-0.3, -0.25) is 9.59 Å². The minimum absolute atomic E-state index is 0.0518. The lowest BCUT2D eigenvalue weighted by atomic mass is 9.79. The molecule has 0 aliphatic rings. The van der Waals surface area contributed by atoms with Crippen molar-refractivity contribution in [2.45, 2.75) is 65.8 Å². The van der Waals surface area contributed by atoms with Crippen LogP contribution >= 0.6 is 0 Å². The highest BCUT2D eigenvalue weighted by molar-refractivity contribution is 5.94. The number of pyridine rings is 1. The Bertz CT molecular complexity index is 912. The Morgan fingerprint density at radius 2 is 1.52 bits per heavy atom. The van der Waals surface area contributed by atoms with Gasteiger partial charge in [0.25, 0.3) is 11.5 Å². The Balaban J connectivity index is 2.20. The highest BCUT2D eigenvalue weighted by Gasteiger charge is 2.22. The highest BCUT2D eigenvalue weighted by Crippen LogP contribution is 2.30. The Labute approximate surface area is 174 Å². The summed E-state index contributed by atoms with van der Waals surface area (Å²) in [6, 6.07) is 9.39. The third kappa shape index (κ3) is 5.72. The van der Waals surface area contributed by atoms with Gasteiger partial charge in [-0.15, -0.1) is 0 Å². The van der Waals surface area contributed by atoms with Crippen LogP contribution in [0.3, 0.4) is 0 Å². The quantitative estimate of drug-likeness (QED) is 0.821.